The fraction of sp³-hybridized carbons (Fsp3) is 0.444. The second kappa shape index (κ2) is 5.74. The van der Waals surface area contributed by atoms with E-state index in [2.05, 4.69) is 15.0 Å². The van der Waals surface area contributed by atoms with Gasteiger partial charge in [0.2, 0.25) is 0 Å². The molecule has 0 aliphatic carbocycles. The minimum atomic E-state index is -4.83. The zero-order valence-corrected chi connectivity index (χ0v) is 9.41. The Morgan fingerprint density at radius 1 is 1.42 bits per heavy atom. The number of pyridine rings is 1. The number of nitrogens with two attached hydrogens (primary N) is 1. The van der Waals surface area contributed by atoms with Crippen LogP contribution < -0.4 is 5.73 Å². The monoisotopic (exact) mass is 277 g/mol. The van der Waals surface area contributed by atoms with Crippen molar-refractivity contribution in [3.63, 3.8) is 0 Å². The van der Waals surface area contributed by atoms with Crippen molar-refractivity contribution in [3.8, 4) is 0 Å². The van der Waals surface area contributed by atoms with Crippen LogP contribution in [-0.2, 0) is 6.18 Å². The normalized spacial score (nSPS) is 14.6. The van der Waals surface area contributed by atoms with Crippen LogP contribution in [0.4, 0.5) is 19.0 Å². The average molecular weight is 277 g/mol. The van der Waals surface area contributed by atoms with Crippen LogP contribution in [0.2, 0.25) is 0 Å². The molecule has 0 saturated carbocycles. The Bertz CT molecular complexity index is 501. The summed E-state index contributed by atoms with van der Waals surface area (Å²) in [7, 11) is 0. The van der Waals surface area contributed by atoms with Crippen molar-refractivity contribution in [2.75, 3.05) is 12.3 Å². The van der Waals surface area contributed by atoms with E-state index in [1.807, 2.05) is 0 Å². The second-order valence-corrected chi connectivity index (χ2v) is 3.60. The van der Waals surface area contributed by atoms with E-state index in [0.29, 0.717) is 0 Å². The van der Waals surface area contributed by atoms with Gasteiger partial charge in [-0.3, -0.25) is 0 Å². The lowest BCUT2D eigenvalue weighted by atomic mass is 10.0. The van der Waals surface area contributed by atoms with Crippen molar-refractivity contribution in [1.29, 1.82) is 0 Å². The molecule has 0 radical (unpaired) electrons. The molecule has 4 N–H and O–H groups in total. The number of anilines is 1. The molecule has 0 aromatic carbocycles. The molecule has 0 fully saturated rings. The van der Waals surface area contributed by atoms with Gasteiger partial charge in [-0.1, -0.05) is 11.2 Å². The number of halogens is 3. The summed E-state index contributed by atoms with van der Waals surface area (Å²) in [4.78, 5) is 5.44. The van der Waals surface area contributed by atoms with Crippen LogP contribution >= 0.6 is 0 Å². The topological polar surface area (TPSA) is 128 Å². The van der Waals surface area contributed by atoms with E-state index in [4.69, 9.17) is 11.3 Å². The standard InChI is InChI=1S/C9H10F3N5O2/c10-9(11,12)8-4(1-2-6(13)16-8)7(19)5(18)3-15-17-14/h1-2,5,7,18-19H,3H2,(H2,13,16). The molecule has 104 valence electrons. The maximum absolute atomic E-state index is 12.7. The van der Waals surface area contributed by atoms with Crippen molar-refractivity contribution in [3.05, 3.63) is 33.8 Å². The Labute approximate surface area is 105 Å². The molecule has 2 unspecified atom stereocenters. The molecule has 0 saturated heterocycles. The van der Waals surface area contributed by atoms with Crippen LogP contribution in [0.1, 0.15) is 17.4 Å². The van der Waals surface area contributed by atoms with Crippen molar-refractivity contribution >= 4 is 5.82 Å². The molecule has 0 aliphatic rings. The highest BCUT2D eigenvalue weighted by atomic mass is 19.4. The molecule has 1 aromatic heterocycles. The predicted molar refractivity (Wildman–Crippen MR) is 58.6 cm³/mol. The first-order valence-electron chi connectivity index (χ1n) is 4.98. The number of hydrogen-bond acceptors (Lipinski definition) is 5. The number of alkyl halides is 3. The van der Waals surface area contributed by atoms with Gasteiger partial charge in [-0.2, -0.15) is 13.2 Å². The first-order chi connectivity index (χ1) is 8.77. The molecule has 0 spiro atoms. The Balaban J connectivity index is 3.15. The Morgan fingerprint density at radius 2 is 2.05 bits per heavy atom. The van der Waals surface area contributed by atoms with Gasteiger partial charge in [0.05, 0.1) is 12.6 Å². The Morgan fingerprint density at radius 3 is 2.58 bits per heavy atom. The van der Waals surface area contributed by atoms with Gasteiger partial charge in [0.15, 0.2) is 5.69 Å². The largest absolute Gasteiger partial charge is 0.433 e. The van der Waals surface area contributed by atoms with E-state index in [9.17, 15) is 23.4 Å². The molecule has 1 aromatic rings. The molecule has 10 heteroatoms. The SMILES string of the molecule is [N-]=[N+]=NCC(O)C(O)c1ccc(N)nc1C(F)(F)F. The third-order valence-electron chi connectivity index (χ3n) is 2.23. The van der Waals surface area contributed by atoms with Gasteiger partial charge in [-0.25, -0.2) is 4.98 Å². The van der Waals surface area contributed by atoms with E-state index >= 15 is 0 Å². The van der Waals surface area contributed by atoms with E-state index in [1.165, 1.54) is 0 Å². The summed E-state index contributed by atoms with van der Waals surface area (Å²) in [6, 6.07) is 1.98. The molecule has 0 aliphatic heterocycles. The minimum absolute atomic E-state index is 0.368. The lowest BCUT2D eigenvalue weighted by Gasteiger charge is -2.20. The van der Waals surface area contributed by atoms with Gasteiger partial charge >= 0.3 is 6.18 Å². The van der Waals surface area contributed by atoms with Crippen molar-refractivity contribution in [1.82, 2.24) is 4.98 Å². The molecule has 1 heterocycles. The highest BCUT2D eigenvalue weighted by Crippen LogP contribution is 2.34. The first-order valence-corrected chi connectivity index (χ1v) is 4.98. The molecule has 1 rings (SSSR count). The first kappa shape index (κ1) is 15.0. The van der Waals surface area contributed by atoms with E-state index in [0.717, 1.165) is 12.1 Å². The highest BCUT2D eigenvalue weighted by molar-refractivity contribution is 5.37. The molecular formula is C9H10F3N5O2. The molecule has 0 bridgehead atoms. The second-order valence-electron chi connectivity index (χ2n) is 3.60. The molecule has 7 nitrogen and oxygen atoms in total. The maximum atomic E-state index is 12.7. The number of nitrogen functional groups attached to an aromatic ring is 1. The summed E-state index contributed by atoms with van der Waals surface area (Å²) >= 11 is 0. The van der Waals surface area contributed by atoms with Crippen molar-refractivity contribution in [2.24, 2.45) is 5.11 Å². The number of hydrogen-bond donors (Lipinski definition) is 3. The number of aromatic nitrogens is 1. The van der Waals surface area contributed by atoms with Gasteiger partial charge in [-0.05, 0) is 11.6 Å². The smallest absolute Gasteiger partial charge is 0.390 e. The highest BCUT2D eigenvalue weighted by Gasteiger charge is 2.38. The molecule has 0 amide bonds. The van der Waals surface area contributed by atoms with Crippen LogP contribution in [0.25, 0.3) is 10.4 Å². The fourth-order valence-electron chi connectivity index (χ4n) is 1.38. The van der Waals surface area contributed by atoms with Crippen LogP contribution in [0.3, 0.4) is 0 Å². The zero-order valence-electron chi connectivity index (χ0n) is 9.41. The number of aliphatic hydroxyl groups is 2. The van der Waals surface area contributed by atoms with E-state index in [-0.39, 0.29) is 5.82 Å². The van der Waals surface area contributed by atoms with E-state index < -0.39 is 36.2 Å². The Kier molecular flexibility index (Phi) is 4.54. The van der Waals surface area contributed by atoms with Gasteiger partial charge < -0.3 is 15.9 Å². The fourth-order valence-corrected chi connectivity index (χ4v) is 1.38. The zero-order chi connectivity index (χ0) is 14.6. The maximum Gasteiger partial charge on any atom is 0.433 e. The Hall–Kier alpha value is -2.03. The summed E-state index contributed by atoms with van der Waals surface area (Å²) in [5, 5.41) is 22.0. The predicted octanol–water partition coefficient (Wildman–Crippen LogP) is 1.39. The van der Waals surface area contributed by atoms with E-state index in [1.54, 1.807) is 0 Å². The third kappa shape index (κ3) is 3.71. The summed E-state index contributed by atoms with van der Waals surface area (Å²) in [6.07, 6.45) is -8.40. The van der Waals surface area contributed by atoms with Gasteiger partial charge in [0.25, 0.3) is 0 Å². The third-order valence-corrected chi connectivity index (χ3v) is 2.23. The van der Waals surface area contributed by atoms with Crippen LogP contribution in [0, 0.1) is 0 Å². The van der Waals surface area contributed by atoms with Crippen LogP contribution in [0.15, 0.2) is 17.2 Å². The lowest BCUT2D eigenvalue weighted by Crippen LogP contribution is -2.25. The van der Waals surface area contributed by atoms with Crippen LogP contribution in [0.5, 0.6) is 0 Å². The number of nitrogens with zero attached hydrogens (tertiary/aromatic N) is 4. The minimum Gasteiger partial charge on any atom is -0.390 e. The summed E-state index contributed by atoms with van der Waals surface area (Å²) < 4.78 is 38.1. The summed E-state index contributed by atoms with van der Waals surface area (Å²) in [6.45, 7) is -0.570. The van der Waals surface area contributed by atoms with Crippen LogP contribution in [-0.4, -0.2) is 27.8 Å². The van der Waals surface area contributed by atoms with Gasteiger partial charge in [0, 0.05) is 10.5 Å². The van der Waals surface area contributed by atoms with Crippen molar-refractivity contribution in [2.45, 2.75) is 18.4 Å². The van der Waals surface area contributed by atoms with Gasteiger partial charge in [-0.15, -0.1) is 0 Å². The van der Waals surface area contributed by atoms with Crippen molar-refractivity contribution < 1.29 is 23.4 Å². The average Bonchev–Trinajstić information content (AvgIpc) is 2.34. The number of azide groups is 1. The van der Waals surface area contributed by atoms with Gasteiger partial charge in [0.1, 0.15) is 11.9 Å². The lowest BCUT2D eigenvalue weighted by molar-refractivity contribution is -0.143. The number of rotatable bonds is 4. The quantitative estimate of drug-likeness (QED) is 0.436. The molecule has 19 heavy (non-hydrogen) atoms. The number of aliphatic hydroxyl groups excluding tert-OH is 2. The summed E-state index contributed by atoms with van der Waals surface area (Å²) in [5.74, 6) is -0.368. The molecular weight excluding hydrogens is 267 g/mol. The molecule has 2 atom stereocenters. The summed E-state index contributed by atoms with van der Waals surface area (Å²) in [5.41, 5.74) is 11.2.